The van der Waals surface area contributed by atoms with E-state index >= 15 is 0 Å². The summed E-state index contributed by atoms with van der Waals surface area (Å²) in [4.78, 5) is 1.99. The third kappa shape index (κ3) is 2.02. The summed E-state index contributed by atoms with van der Waals surface area (Å²) in [5, 5.41) is 7.33. The smallest absolute Gasteiger partial charge is 0.0494 e. The van der Waals surface area contributed by atoms with Crippen LogP contribution in [0, 0.1) is 12.3 Å². The van der Waals surface area contributed by atoms with Crippen LogP contribution < -0.4 is 4.90 Å². The van der Waals surface area contributed by atoms with Crippen molar-refractivity contribution in [2.75, 3.05) is 11.9 Å². The third-order valence-electron chi connectivity index (χ3n) is 2.27. The van der Waals surface area contributed by atoms with Crippen molar-refractivity contribution in [3.63, 3.8) is 0 Å². The predicted molar refractivity (Wildman–Crippen MR) is 62.3 cm³/mol. The molecule has 0 saturated heterocycles. The average molecular weight is 188 g/mol. The molecule has 0 atom stereocenters. The lowest BCUT2D eigenvalue weighted by atomic mass is 10.1. The fourth-order valence-electron chi connectivity index (χ4n) is 1.30. The Morgan fingerprint density at radius 1 is 1.50 bits per heavy atom. The minimum atomic E-state index is 0.926. The zero-order chi connectivity index (χ0) is 10.7. The summed E-state index contributed by atoms with van der Waals surface area (Å²) in [6.07, 6.45) is 1.38. The van der Waals surface area contributed by atoms with Gasteiger partial charge in [0.1, 0.15) is 0 Å². The van der Waals surface area contributed by atoms with Crippen LogP contribution >= 0.6 is 0 Å². The van der Waals surface area contributed by atoms with E-state index in [9.17, 15) is 0 Å². The van der Waals surface area contributed by atoms with E-state index in [1.165, 1.54) is 11.8 Å². The molecule has 0 aliphatic heterocycles. The molecule has 0 bridgehead atoms. The first-order valence-corrected chi connectivity index (χ1v) is 4.56. The monoisotopic (exact) mass is 188 g/mol. The van der Waals surface area contributed by atoms with Crippen LogP contribution in [0.3, 0.4) is 0 Å². The largest absolute Gasteiger partial charge is 0.349 e. The van der Waals surface area contributed by atoms with E-state index in [-0.39, 0.29) is 0 Å². The maximum Gasteiger partial charge on any atom is 0.0494 e. The molecular weight excluding hydrogens is 172 g/mol. The fourth-order valence-corrected chi connectivity index (χ4v) is 1.30. The maximum atomic E-state index is 7.33. The molecule has 74 valence electrons. The van der Waals surface area contributed by atoms with Gasteiger partial charge in [-0.25, -0.2) is 0 Å². The lowest BCUT2D eigenvalue weighted by Gasteiger charge is -2.21. The van der Waals surface area contributed by atoms with Crippen molar-refractivity contribution in [2.45, 2.75) is 13.8 Å². The second-order valence-corrected chi connectivity index (χ2v) is 3.50. The molecule has 0 unspecified atom stereocenters. The quantitative estimate of drug-likeness (QED) is 0.725. The van der Waals surface area contributed by atoms with E-state index in [1.54, 1.807) is 0 Å². The van der Waals surface area contributed by atoms with E-state index < -0.39 is 0 Å². The molecule has 0 spiro atoms. The van der Waals surface area contributed by atoms with Crippen molar-refractivity contribution in [2.24, 2.45) is 0 Å². The van der Waals surface area contributed by atoms with Crippen molar-refractivity contribution >= 4 is 11.9 Å². The van der Waals surface area contributed by atoms with Crippen LogP contribution in [0.2, 0.25) is 0 Å². The second kappa shape index (κ2) is 4.09. The van der Waals surface area contributed by atoms with Crippen molar-refractivity contribution in [3.05, 3.63) is 41.6 Å². The Kier molecular flexibility index (Phi) is 3.07. The predicted octanol–water partition coefficient (Wildman–Crippen LogP) is 2.96. The first kappa shape index (κ1) is 10.5. The number of hydrogen-bond acceptors (Lipinski definition) is 2. The summed E-state index contributed by atoms with van der Waals surface area (Å²) >= 11 is 0. The van der Waals surface area contributed by atoms with Gasteiger partial charge in [-0.2, -0.15) is 0 Å². The summed E-state index contributed by atoms with van der Waals surface area (Å²) in [5.74, 6) is 0. The lowest BCUT2D eigenvalue weighted by molar-refractivity contribution is 1.10. The summed E-state index contributed by atoms with van der Waals surface area (Å²) in [6.45, 7) is 7.86. The molecule has 0 aliphatic carbocycles. The number of hydrogen-bond donors (Lipinski definition) is 1. The molecule has 14 heavy (non-hydrogen) atoms. The highest BCUT2D eigenvalue weighted by molar-refractivity contribution is 5.87. The summed E-state index contributed by atoms with van der Waals surface area (Å²) < 4.78 is 0. The molecule has 2 nitrogen and oxygen atoms in total. The number of rotatable bonds is 3. The minimum absolute atomic E-state index is 0.926. The van der Waals surface area contributed by atoms with Crippen LogP contribution in [0.15, 0.2) is 30.5 Å². The van der Waals surface area contributed by atoms with Gasteiger partial charge in [0, 0.05) is 30.2 Å². The molecule has 0 fully saturated rings. The van der Waals surface area contributed by atoms with E-state index in [2.05, 4.69) is 6.58 Å². The lowest BCUT2D eigenvalue weighted by Crippen LogP contribution is -2.15. The van der Waals surface area contributed by atoms with Gasteiger partial charge in [0.15, 0.2) is 0 Å². The van der Waals surface area contributed by atoms with Gasteiger partial charge in [-0.3, -0.25) is 0 Å². The first-order chi connectivity index (χ1) is 6.56. The second-order valence-electron chi connectivity index (χ2n) is 3.50. The van der Waals surface area contributed by atoms with Gasteiger partial charge in [-0.1, -0.05) is 18.2 Å². The Bertz CT molecular complexity index is 367. The normalized spacial score (nSPS) is 9.64. The molecule has 1 N–H and O–H groups in total. The Morgan fingerprint density at radius 2 is 2.14 bits per heavy atom. The van der Waals surface area contributed by atoms with Gasteiger partial charge in [-0.05, 0) is 26.0 Å². The van der Waals surface area contributed by atoms with Crippen LogP contribution in [-0.4, -0.2) is 13.3 Å². The van der Waals surface area contributed by atoms with Crippen molar-refractivity contribution in [3.8, 4) is 0 Å². The zero-order valence-electron chi connectivity index (χ0n) is 8.96. The van der Waals surface area contributed by atoms with Crippen LogP contribution in [0.1, 0.15) is 18.1 Å². The van der Waals surface area contributed by atoms with Crippen molar-refractivity contribution in [1.82, 2.24) is 0 Å². The van der Waals surface area contributed by atoms with Crippen LogP contribution in [0.4, 0.5) is 5.69 Å². The Hall–Kier alpha value is -1.57. The number of anilines is 1. The number of nitrogens with zero attached hydrogens (tertiary/aromatic N) is 1. The molecule has 0 aromatic heterocycles. The topological polar surface area (TPSA) is 27.1 Å². The summed E-state index contributed by atoms with van der Waals surface area (Å²) in [5.41, 5.74) is 4.09. The minimum Gasteiger partial charge on any atom is -0.349 e. The van der Waals surface area contributed by atoms with Gasteiger partial charge >= 0.3 is 0 Å². The highest BCUT2D eigenvalue weighted by Crippen LogP contribution is 2.21. The highest BCUT2D eigenvalue weighted by atomic mass is 15.1. The Morgan fingerprint density at radius 3 is 2.64 bits per heavy atom. The molecule has 0 saturated carbocycles. The molecular formula is C12H16N2. The number of nitrogens with one attached hydrogen (secondary N) is 1. The van der Waals surface area contributed by atoms with Crippen LogP contribution in [0.5, 0.6) is 0 Å². The molecule has 1 aromatic rings. The average Bonchev–Trinajstić information content (AvgIpc) is 2.16. The molecule has 0 radical (unpaired) electrons. The molecule has 0 amide bonds. The third-order valence-corrected chi connectivity index (χ3v) is 2.27. The van der Waals surface area contributed by atoms with Gasteiger partial charge in [0.2, 0.25) is 0 Å². The standard InChI is InChI=1S/C12H16N2/c1-9(2)14(4)12-6-5-10(3)7-11(12)8-13/h5-8,13H,1H2,2-4H3. The number of aryl methyl sites for hydroxylation is 1. The maximum absolute atomic E-state index is 7.33. The summed E-state index contributed by atoms with van der Waals surface area (Å²) in [6, 6.07) is 6.06. The van der Waals surface area contributed by atoms with Crippen LogP contribution in [0.25, 0.3) is 0 Å². The number of allylic oxidation sites excluding steroid dienone is 1. The highest BCUT2D eigenvalue weighted by Gasteiger charge is 2.05. The van der Waals surface area contributed by atoms with Crippen molar-refractivity contribution in [1.29, 1.82) is 5.41 Å². The molecule has 2 heteroatoms. The summed E-state index contributed by atoms with van der Waals surface area (Å²) in [7, 11) is 1.96. The molecule has 1 rings (SSSR count). The van der Waals surface area contributed by atoms with E-state index in [1.807, 2.05) is 44.0 Å². The SMILES string of the molecule is C=C(C)N(C)c1ccc(C)cc1C=N. The first-order valence-electron chi connectivity index (χ1n) is 4.56. The Balaban J connectivity index is 3.20. The van der Waals surface area contributed by atoms with Gasteiger partial charge < -0.3 is 10.3 Å². The van der Waals surface area contributed by atoms with Gasteiger partial charge in [0.05, 0.1) is 0 Å². The Labute approximate surface area is 85.4 Å². The zero-order valence-corrected chi connectivity index (χ0v) is 8.96. The van der Waals surface area contributed by atoms with E-state index in [0.717, 1.165) is 16.9 Å². The van der Waals surface area contributed by atoms with Crippen molar-refractivity contribution < 1.29 is 0 Å². The van der Waals surface area contributed by atoms with Crippen LogP contribution in [-0.2, 0) is 0 Å². The molecule has 0 aliphatic rings. The van der Waals surface area contributed by atoms with Gasteiger partial charge in [0.25, 0.3) is 0 Å². The van der Waals surface area contributed by atoms with E-state index in [4.69, 9.17) is 5.41 Å². The molecule has 1 aromatic carbocycles. The van der Waals surface area contributed by atoms with Gasteiger partial charge in [-0.15, -0.1) is 0 Å². The van der Waals surface area contributed by atoms with E-state index in [0.29, 0.717) is 0 Å². The molecule has 0 heterocycles. The fraction of sp³-hybridized carbons (Fsp3) is 0.250. The number of benzene rings is 1.